The number of hydrogen-bond acceptors (Lipinski definition) is 6. The summed E-state index contributed by atoms with van der Waals surface area (Å²) in [7, 11) is 0. The summed E-state index contributed by atoms with van der Waals surface area (Å²) in [6, 6.07) is 5.96. The van der Waals surface area contributed by atoms with E-state index >= 15 is 0 Å². The second-order valence-electron chi connectivity index (χ2n) is 5.33. The molecule has 0 saturated heterocycles. The molecule has 0 unspecified atom stereocenters. The number of rotatable bonds is 7. The fourth-order valence-corrected chi connectivity index (χ4v) is 3.40. The van der Waals surface area contributed by atoms with Gasteiger partial charge in [0.25, 0.3) is 0 Å². The molecule has 2 rings (SSSR count). The molecular weight excluding hydrogens is 543 g/mol. The standard InChI is InChI=1S/C18H16Cl2INO5.ClH/c1-2-26-14(23)8-27-13-4-3-11(15(19)16(13)20)17(24)9-5-10(7-22)18(25)12(21)6-9;/h3-6,25H,2,7-8,22H2,1H3;1H. The number of phenolic OH excluding ortho intramolecular Hbond substituents is 1. The van der Waals surface area contributed by atoms with E-state index in [1.165, 1.54) is 24.3 Å². The molecule has 6 nitrogen and oxygen atoms in total. The zero-order chi connectivity index (χ0) is 20.1. The Labute approximate surface area is 191 Å². The molecule has 0 aliphatic carbocycles. The number of aromatic hydroxyl groups is 1. The summed E-state index contributed by atoms with van der Waals surface area (Å²) < 4.78 is 10.6. The van der Waals surface area contributed by atoms with Crippen LogP contribution in [0.4, 0.5) is 0 Å². The lowest BCUT2D eigenvalue weighted by atomic mass is 10.0. The van der Waals surface area contributed by atoms with Crippen molar-refractivity contribution < 1.29 is 24.2 Å². The van der Waals surface area contributed by atoms with Gasteiger partial charge in [-0.25, -0.2) is 4.79 Å². The van der Waals surface area contributed by atoms with Crippen molar-refractivity contribution in [1.29, 1.82) is 0 Å². The van der Waals surface area contributed by atoms with Gasteiger partial charge in [-0.3, -0.25) is 4.79 Å². The van der Waals surface area contributed by atoms with E-state index in [1.54, 1.807) is 6.92 Å². The lowest BCUT2D eigenvalue weighted by molar-refractivity contribution is -0.145. The van der Waals surface area contributed by atoms with Crippen LogP contribution in [0.1, 0.15) is 28.4 Å². The van der Waals surface area contributed by atoms with Gasteiger partial charge in [0.1, 0.15) is 16.5 Å². The molecule has 28 heavy (non-hydrogen) atoms. The van der Waals surface area contributed by atoms with Gasteiger partial charge >= 0.3 is 5.97 Å². The Morgan fingerprint density at radius 1 is 1.21 bits per heavy atom. The first-order valence-corrected chi connectivity index (χ1v) is 9.66. The average Bonchev–Trinajstić information content (AvgIpc) is 2.64. The van der Waals surface area contributed by atoms with Crippen LogP contribution in [0.3, 0.4) is 0 Å². The van der Waals surface area contributed by atoms with Crippen molar-refractivity contribution in [2.45, 2.75) is 13.5 Å². The first kappa shape index (κ1) is 24.8. The third-order valence-corrected chi connectivity index (χ3v) is 5.25. The third kappa shape index (κ3) is 5.64. The summed E-state index contributed by atoms with van der Waals surface area (Å²) in [5.41, 5.74) is 6.53. The molecule has 0 aliphatic rings. The Hall–Kier alpha value is -1.26. The Kier molecular flexibility index (Phi) is 9.79. The van der Waals surface area contributed by atoms with Crippen molar-refractivity contribution in [2.75, 3.05) is 13.2 Å². The number of ketones is 1. The second-order valence-corrected chi connectivity index (χ2v) is 7.25. The Morgan fingerprint density at radius 2 is 1.89 bits per heavy atom. The number of nitrogens with two attached hydrogens (primary N) is 1. The molecule has 0 amide bonds. The van der Waals surface area contributed by atoms with Crippen LogP contribution in [-0.4, -0.2) is 30.1 Å². The summed E-state index contributed by atoms with van der Waals surface area (Å²) >= 11 is 14.3. The fourth-order valence-electron chi connectivity index (χ4n) is 2.26. The molecular formula is C18H17Cl3INO5. The van der Waals surface area contributed by atoms with Crippen molar-refractivity contribution in [3.05, 3.63) is 54.6 Å². The van der Waals surface area contributed by atoms with Crippen molar-refractivity contribution >= 4 is 70.0 Å². The van der Waals surface area contributed by atoms with Gasteiger partial charge in [-0.05, 0) is 53.8 Å². The van der Waals surface area contributed by atoms with Crippen LogP contribution in [0, 0.1) is 3.57 Å². The maximum Gasteiger partial charge on any atom is 0.344 e. The van der Waals surface area contributed by atoms with Crippen LogP contribution in [0.25, 0.3) is 0 Å². The quantitative estimate of drug-likeness (QED) is 0.297. The van der Waals surface area contributed by atoms with Crippen LogP contribution in [0.15, 0.2) is 24.3 Å². The topological polar surface area (TPSA) is 98.8 Å². The smallest absolute Gasteiger partial charge is 0.344 e. The fraction of sp³-hybridized carbons (Fsp3) is 0.222. The number of phenols is 1. The van der Waals surface area contributed by atoms with Crippen molar-refractivity contribution in [2.24, 2.45) is 5.73 Å². The van der Waals surface area contributed by atoms with Crippen LogP contribution in [-0.2, 0) is 16.1 Å². The van der Waals surface area contributed by atoms with Gasteiger partial charge in [0.05, 0.1) is 15.2 Å². The molecule has 0 spiro atoms. The summed E-state index contributed by atoms with van der Waals surface area (Å²) in [4.78, 5) is 24.2. The molecule has 0 aliphatic heterocycles. The number of carbonyl (C=O) groups excluding carboxylic acids is 2. The van der Waals surface area contributed by atoms with Gasteiger partial charge < -0.3 is 20.3 Å². The van der Waals surface area contributed by atoms with Gasteiger partial charge in [0, 0.05) is 23.2 Å². The van der Waals surface area contributed by atoms with Gasteiger partial charge in [0.15, 0.2) is 12.4 Å². The lowest BCUT2D eigenvalue weighted by Crippen LogP contribution is -2.15. The molecule has 0 radical (unpaired) electrons. The Balaban J connectivity index is 0.00000392. The lowest BCUT2D eigenvalue weighted by Gasteiger charge is -2.12. The number of halogens is 4. The number of esters is 1. The molecule has 0 bridgehead atoms. The monoisotopic (exact) mass is 559 g/mol. The summed E-state index contributed by atoms with van der Waals surface area (Å²) in [5.74, 6) is -0.722. The number of ether oxygens (including phenoxy) is 2. The zero-order valence-electron chi connectivity index (χ0n) is 14.6. The minimum atomic E-state index is -0.544. The zero-order valence-corrected chi connectivity index (χ0v) is 19.1. The highest BCUT2D eigenvalue weighted by Crippen LogP contribution is 2.36. The summed E-state index contributed by atoms with van der Waals surface area (Å²) in [6.07, 6.45) is 0. The van der Waals surface area contributed by atoms with Crippen LogP contribution >= 0.6 is 58.2 Å². The van der Waals surface area contributed by atoms with E-state index in [0.29, 0.717) is 14.7 Å². The van der Waals surface area contributed by atoms with E-state index in [9.17, 15) is 14.7 Å². The first-order chi connectivity index (χ1) is 12.8. The SMILES string of the molecule is CCOC(=O)COc1ccc(C(=O)c2cc(I)c(O)c(CN)c2)c(Cl)c1Cl.Cl. The molecule has 0 fully saturated rings. The highest BCUT2D eigenvalue weighted by molar-refractivity contribution is 14.1. The maximum absolute atomic E-state index is 12.8. The highest BCUT2D eigenvalue weighted by atomic mass is 127. The van der Waals surface area contributed by atoms with Crippen molar-refractivity contribution in [1.82, 2.24) is 0 Å². The molecule has 152 valence electrons. The number of hydrogen-bond donors (Lipinski definition) is 2. The van der Waals surface area contributed by atoms with E-state index in [2.05, 4.69) is 0 Å². The van der Waals surface area contributed by atoms with Crippen molar-refractivity contribution in [3.63, 3.8) is 0 Å². The molecule has 2 aromatic carbocycles. The molecule has 3 N–H and O–H groups in total. The molecule has 10 heteroatoms. The van der Waals surface area contributed by atoms with E-state index in [1.807, 2.05) is 22.6 Å². The Morgan fingerprint density at radius 3 is 2.50 bits per heavy atom. The molecule has 0 atom stereocenters. The van der Waals surface area contributed by atoms with Crippen LogP contribution in [0.2, 0.25) is 10.0 Å². The Bertz CT molecular complexity index is 892. The molecule has 2 aromatic rings. The average molecular weight is 561 g/mol. The largest absolute Gasteiger partial charge is 0.507 e. The van der Waals surface area contributed by atoms with E-state index in [-0.39, 0.29) is 65.1 Å². The summed E-state index contributed by atoms with van der Waals surface area (Å²) in [6.45, 7) is 1.67. The molecule has 0 aromatic heterocycles. The highest BCUT2D eigenvalue weighted by Gasteiger charge is 2.20. The van der Waals surface area contributed by atoms with E-state index in [4.69, 9.17) is 38.4 Å². The van der Waals surface area contributed by atoms with Crippen molar-refractivity contribution in [3.8, 4) is 11.5 Å². The first-order valence-electron chi connectivity index (χ1n) is 7.82. The molecule has 0 heterocycles. The van der Waals surface area contributed by atoms with Crippen LogP contribution in [0.5, 0.6) is 11.5 Å². The molecule has 0 saturated carbocycles. The minimum absolute atomic E-state index is 0. The third-order valence-electron chi connectivity index (χ3n) is 3.57. The predicted molar refractivity (Wildman–Crippen MR) is 118 cm³/mol. The minimum Gasteiger partial charge on any atom is -0.507 e. The van der Waals surface area contributed by atoms with E-state index < -0.39 is 5.97 Å². The van der Waals surface area contributed by atoms with Gasteiger partial charge in [-0.2, -0.15) is 0 Å². The maximum atomic E-state index is 12.8. The summed E-state index contributed by atoms with van der Waals surface area (Å²) in [5, 5.41) is 9.96. The predicted octanol–water partition coefficient (Wildman–Crippen LogP) is 4.36. The van der Waals surface area contributed by atoms with Crippen LogP contribution < -0.4 is 10.5 Å². The number of benzene rings is 2. The van der Waals surface area contributed by atoms with Gasteiger partial charge in [-0.15, -0.1) is 12.4 Å². The normalized spacial score (nSPS) is 10.2. The van der Waals surface area contributed by atoms with Gasteiger partial charge in [-0.1, -0.05) is 23.2 Å². The second kappa shape index (κ2) is 11.1. The van der Waals surface area contributed by atoms with Gasteiger partial charge in [0.2, 0.25) is 0 Å². The van der Waals surface area contributed by atoms with E-state index in [0.717, 1.165) is 0 Å². The number of carbonyl (C=O) groups is 2.